The number of methoxy groups -OCH3 is 2. The highest BCUT2D eigenvalue weighted by molar-refractivity contribution is 6.33. The first-order chi connectivity index (χ1) is 11.5. The summed E-state index contributed by atoms with van der Waals surface area (Å²) in [4.78, 5) is 0. The van der Waals surface area contributed by atoms with E-state index in [4.69, 9.17) is 21.1 Å². The molecule has 2 N–H and O–H groups in total. The Morgan fingerprint density at radius 1 is 1.08 bits per heavy atom. The van der Waals surface area contributed by atoms with Gasteiger partial charge in [0, 0.05) is 12.6 Å². The zero-order chi connectivity index (χ0) is 17.5. The minimum Gasteiger partial charge on any atom is -0.508 e. The van der Waals surface area contributed by atoms with Crippen molar-refractivity contribution >= 4 is 11.6 Å². The number of hydrogen-bond donors (Lipinski definition) is 2. The summed E-state index contributed by atoms with van der Waals surface area (Å²) >= 11 is 6.40. The van der Waals surface area contributed by atoms with Crippen LogP contribution in [0.25, 0.3) is 0 Å². The summed E-state index contributed by atoms with van der Waals surface area (Å²) in [6.45, 7) is 2.81. The number of phenolic OH excluding ortho intramolecular Hbond substituents is 1. The Morgan fingerprint density at radius 3 is 2.42 bits per heavy atom. The molecule has 24 heavy (non-hydrogen) atoms. The minimum atomic E-state index is 0.299. The Balaban J connectivity index is 1.89. The number of halogens is 1. The normalized spacial score (nSPS) is 12.0. The fourth-order valence-electron chi connectivity index (χ4n) is 2.50. The Morgan fingerprint density at radius 2 is 1.79 bits per heavy atom. The van der Waals surface area contributed by atoms with Crippen LogP contribution >= 0.6 is 11.6 Å². The van der Waals surface area contributed by atoms with Gasteiger partial charge in [0.2, 0.25) is 0 Å². The molecule has 0 aromatic heterocycles. The zero-order valence-corrected chi connectivity index (χ0v) is 15.1. The lowest BCUT2D eigenvalue weighted by Crippen LogP contribution is -2.26. The third kappa shape index (κ3) is 4.79. The van der Waals surface area contributed by atoms with E-state index >= 15 is 0 Å². The van der Waals surface area contributed by atoms with Crippen molar-refractivity contribution in [3.8, 4) is 17.2 Å². The molecule has 0 radical (unpaired) electrons. The molecule has 5 heteroatoms. The first-order valence-corrected chi connectivity index (χ1v) is 8.33. The first-order valence-electron chi connectivity index (χ1n) is 7.95. The molecule has 0 aliphatic heterocycles. The van der Waals surface area contributed by atoms with Crippen molar-refractivity contribution in [1.82, 2.24) is 5.32 Å². The number of nitrogens with one attached hydrogen (secondary N) is 1. The third-order valence-corrected chi connectivity index (χ3v) is 4.42. The molecule has 4 nitrogen and oxygen atoms in total. The van der Waals surface area contributed by atoms with Crippen molar-refractivity contribution in [3.63, 3.8) is 0 Å². The Kier molecular flexibility index (Phi) is 6.76. The molecule has 0 aliphatic rings. The quantitative estimate of drug-likeness (QED) is 0.750. The van der Waals surface area contributed by atoms with E-state index in [-0.39, 0.29) is 0 Å². The first kappa shape index (κ1) is 18.4. The van der Waals surface area contributed by atoms with Gasteiger partial charge in [-0.15, -0.1) is 0 Å². The fraction of sp³-hybridized carbons (Fsp3) is 0.368. The van der Waals surface area contributed by atoms with Gasteiger partial charge in [-0.2, -0.15) is 0 Å². The van der Waals surface area contributed by atoms with Crippen LogP contribution in [0.2, 0.25) is 5.02 Å². The van der Waals surface area contributed by atoms with E-state index < -0.39 is 0 Å². The van der Waals surface area contributed by atoms with Gasteiger partial charge < -0.3 is 19.9 Å². The largest absolute Gasteiger partial charge is 0.508 e. The van der Waals surface area contributed by atoms with Crippen molar-refractivity contribution in [3.05, 3.63) is 52.5 Å². The molecule has 0 bridgehead atoms. The summed E-state index contributed by atoms with van der Waals surface area (Å²) in [5.74, 6) is 1.50. The highest BCUT2D eigenvalue weighted by Gasteiger charge is 2.13. The number of aromatic hydroxyl groups is 1. The second-order valence-electron chi connectivity index (χ2n) is 5.76. The van der Waals surface area contributed by atoms with Gasteiger partial charge in [-0.1, -0.05) is 29.8 Å². The number of aryl methyl sites for hydroxylation is 1. The average molecular weight is 350 g/mol. The van der Waals surface area contributed by atoms with E-state index in [0.29, 0.717) is 34.9 Å². The van der Waals surface area contributed by atoms with Crippen molar-refractivity contribution in [2.24, 2.45) is 0 Å². The molecule has 130 valence electrons. The molecule has 0 fully saturated rings. The van der Waals surface area contributed by atoms with Gasteiger partial charge in [0.05, 0.1) is 19.2 Å². The third-order valence-electron chi connectivity index (χ3n) is 4.01. The highest BCUT2D eigenvalue weighted by Crippen LogP contribution is 2.37. The molecule has 0 aliphatic carbocycles. The van der Waals surface area contributed by atoms with Crippen LogP contribution in [0.1, 0.15) is 24.5 Å². The van der Waals surface area contributed by atoms with Gasteiger partial charge in [-0.25, -0.2) is 0 Å². The molecular weight excluding hydrogens is 326 g/mol. The number of ether oxygens (including phenoxy) is 2. The van der Waals surface area contributed by atoms with Gasteiger partial charge in [0.1, 0.15) is 5.75 Å². The van der Waals surface area contributed by atoms with Crippen LogP contribution in [0.4, 0.5) is 0 Å². The smallest absolute Gasteiger partial charge is 0.179 e. The molecule has 1 unspecified atom stereocenters. The SMILES string of the molecule is COc1ccc(CNC(C)CCc2ccc(O)cc2)c(Cl)c1OC. The standard InChI is InChI=1S/C19H24ClNO3/c1-13(4-5-14-6-9-16(22)10-7-14)21-12-15-8-11-17(23-2)19(24-3)18(15)20/h6-11,13,21-22H,4-5,12H2,1-3H3. The van der Waals surface area contributed by atoms with Gasteiger partial charge in [0.15, 0.2) is 11.5 Å². The molecule has 0 spiro atoms. The lowest BCUT2D eigenvalue weighted by Gasteiger charge is -2.16. The van der Waals surface area contributed by atoms with E-state index in [9.17, 15) is 5.11 Å². The maximum absolute atomic E-state index is 9.31. The maximum Gasteiger partial charge on any atom is 0.179 e. The molecular formula is C19H24ClNO3. The van der Waals surface area contributed by atoms with Crippen LogP contribution in [0.3, 0.4) is 0 Å². The summed E-state index contributed by atoms with van der Waals surface area (Å²) in [5, 5.41) is 13.4. The Bertz CT molecular complexity index is 658. The van der Waals surface area contributed by atoms with E-state index in [1.54, 1.807) is 26.4 Å². The second kappa shape index (κ2) is 8.81. The molecule has 2 aromatic carbocycles. The van der Waals surface area contributed by atoms with Crippen LogP contribution in [0.15, 0.2) is 36.4 Å². The number of hydrogen-bond acceptors (Lipinski definition) is 4. The van der Waals surface area contributed by atoms with E-state index in [2.05, 4.69) is 12.2 Å². The summed E-state index contributed by atoms with van der Waals surface area (Å²) in [5.41, 5.74) is 2.19. The Hall–Kier alpha value is -1.91. The lowest BCUT2D eigenvalue weighted by atomic mass is 10.1. The van der Waals surface area contributed by atoms with Gasteiger partial charge in [-0.3, -0.25) is 0 Å². The number of phenols is 1. The van der Waals surface area contributed by atoms with Crippen LogP contribution in [-0.4, -0.2) is 25.4 Å². The van der Waals surface area contributed by atoms with Crippen LogP contribution in [0.5, 0.6) is 17.2 Å². The highest BCUT2D eigenvalue weighted by atomic mass is 35.5. The van der Waals surface area contributed by atoms with Crippen molar-refractivity contribution in [1.29, 1.82) is 0 Å². The Labute approximate surface area is 148 Å². The molecule has 1 atom stereocenters. The molecule has 0 saturated heterocycles. The summed E-state index contributed by atoms with van der Waals surface area (Å²) in [6.07, 6.45) is 1.95. The predicted molar refractivity (Wildman–Crippen MR) is 97.3 cm³/mol. The minimum absolute atomic E-state index is 0.299. The topological polar surface area (TPSA) is 50.7 Å². The van der Waals surface area contributed by atoms with Crippen LogP contribution < -0.4 is 14.8 Å². The number of rotatable bonds is 8. The zero-order valence-electron chi connectivity index (χ0n) is 14.3. The molecule has 0 amide bonds. The monoisotopic (exact) mass is 349 g/mol. The van der Waals surface area contributed by atoms with Crippen molar-refractivity contribution in [2.45, 2.75) is 32.4 Å². The maximum atomic E-state index is 9.31. The van der Waals surface area contributed by atoms with Crippen LogP contribution in [-0.2, 0) is 13.0 Å². The van der Waals surface area contributed by atoms with E-state index in [1.807, 2.05) is 24.3 Å². The summed E-state index contributed by atoms with van der Waals surface area (Å²) in [7, 11) is 3.18. The molecule has 0 saturated carbocycles. The van der Waals surface area contributed by atoms with Gasteiger partial charge >= 0.3 is 0 Å². The summed E-state index contributed by atoms with van der Waals surface area (Å²) in [6, 6.07) is 11.5. The van der Waals surface area contributed by atoms with Crippen molar-refractivity contribution < 1.29 is 14.6 Å². The molecule has 2 rings (SSSR count). The van der Waals surface area contributed by atoms with Crippen LogP contribution in [0, 0.1) is 0 Å². The fourth-order valence-corrected chi connectivity index (χ4v) is 2.80. The second-order valence-corrected chi connectivity index (χ2v) is 6.14. The summed E-state index contributed by atoms with van der Waals surface area (Å²) < 4.78 is 10.6. The van der Waals surface area contributed by atoms with E-state index in [1.165, 1.54) is 5.56 Å². The lowest BCUT2D eigenvalue weighted by molar-refractivity contribution is 0.354. The molecule has 2 aromatic rings. The van der Waals surface area contributed by atoms with E-state index in [0.717, 1.165) is 18.4 Å². The van der Waals surface area contributed by atoms with Gasteiger partial charge in [0.25, 0.3) is 0 Å². The molecule has 0 heterocycles. The average Bonchev–Trinajstić information content (AvgIpc) is 2.59. The van der Waals surface area contributed by atoms with Gasteiger partial charge in [-0.05, 0) is 49.1 Å². The number of benzene rings is 2. The van der Waals surface area contributed by atoms with Crippen molar-refractivity contribution in [2.75, 3.05) is 14.2 Å². The predicted octanol–water partition coefficient (Wildman–Crippen LogP) is 4.17.